The molecule has 0 radical (unpaired) electrons. The number of hydrogen-bond acceptors (Lipinski definition) is 6. The molecule has 0 bridgehead atoms. The Labute approximate surface area is 171 Å². The van der Waals surface area contributed by atoms with Gasteiger partial charge in [0.05, 0.1) is 19.3 Å². The van der Waals surface area contributed by atoms with Crippen molar-refractivity contribution in [2.24, 2.45) is 4.99 Å². The van der Waals surface area contributed by atoms with Crippen molar-refractivity contribution in [1.29, 1.82) is 0 Å². The average molecular weight is 431 g/mol. The van der Waals surface area contributed by atoms with Crippen LogP contribution in [0.3, 0.4) is 0 Å². The van der Waals surface area contributed by atoms with E-state index >= 15 is 0 Å². The van der Waals surface area contributed by atoms with Gasteiger partial charge in [0, 0.05) is 39.8 Å². The van der Waals surface area contributed by atoms with Gasteiger partial charge in [0.2, 0.25) is 0 Å². The lowest BCUT2D eigenvalue weighted by atomic mass is 10.1. The highest BCUT2D eigenvalue weighted by molar-refractivity contribution is 7.91. The molecular weight excluding hydrogens is 400 g/mol. The third kappa shape index (κ3) is 5.24. The molecule has 28 heavy (non-hydrogen) atoms. The highest BCUT2D eigenvalue weighted by Gasteiger charge is 2.32. The predicted molar refractivity (Wildman–Crippen MR) is 110 cm³/mol. The Morgan fingerprint density at radius 2 is 2.21 bits per heavy atom. The summed E-state index contributed by atoms with van der Waals surface area (Å²) in [4.78, 5) is 6.85. The second kappa shape index (κ2) is 10.0. The molecule has 2 atom stereocenters. The van der Waals surface area contributed by atoms with Crippen LogP contribution in [0, 0.1) is 0 Å². The summed E-state index contributed by atoms with van der Waals surface area (Å²) in [6.45, 7) is 6.45. The number of sulfonamides is 1. The smallest absolute Gasteiger partial charge is 0.252 e. The number of hydrogen-bond donors (Lipinski definition) is 1. The number of aliphatic imine (C=N–C) groups is 1. The molecule has 1 aromatic rings. The van der Waals surface area contributed by atoms with Gasteiger partial charge in [-0.2, -0.15) is 4.31 Å². The van der Waals surface area contributed by atoms with Gasteiger partial charge in [-0.25, -0.2) is 8.42 Å². The fourth-order valence-electron chi connectivity index (χ4n) is 3.40. The first-order valence-corrected chi connectivity index (χ1v) is 12.1. The third-order valence-electron chi connectivity index (χ3n) is 4.94. The second-order valence-corrected chi connectivity index (χ2v) is 10.1. The fourth-order valence-corrected chi connectivity index (χ4v) is 5.76. The number of ether oxygens (including phenoxy) is 2. The van der Waals surface area contributed by atoms with E-state index in [-0.39, 0.29) is 12.2 Å². The largest absolute Gasteiger partial charge is 0.375 e. The summed E-state index contributed by atoms with van der Waals surface area (Å²) in [5, 5.41) is 5.09. The number of nitrogens with one attached hydrogen (secondary N) is 1. The molecular formula is C18H30N4O4S2. The van der Waals surface area contributed by atoms with Gasteiger partial charge >= 0.3 is 0 Å². The van der Waals surface area contributed by atoms with Gasteiger partial charge in [-0.05, 0) is 31.2 Å². The van der Waals surface area contributed by atoms with Crippen LogP contribution in [0.1, 0.15) is 19.8 Å². The molecule has 2 fully saturated rings. The van der Waals surface area contributed by atoms with Crippen LogP contribution in [0.15, 0.2) is 26.7 Å². The molecule has 1 aromatic heterocycles. The summed E-state index contributed by atoms with van der Waals surface area (Å²) >= 11 is 1.23. The number of likely N-dealkylation sites (N-methyl/N-ethyl adjacent to an activating group) is 1. The molecule has 0 aromatic carbocycles. The van der Waals surface area contributed by atoms with Crippen molar-refractivity contribution in [3.8, 4) is 0 Å². The van der Waals surface area contributed by atoms with Crippen LogP contribution in [0.25, 0.3) is 0 Å². The van der Waals surface area contributed by atoms with E-state index in [1.807, 2.05) is 6.92 Å². The Bertz CT molecular complexity index is 733. The van der Waals surface area contributed by atoms with Gasteiger partial charge in [0.15, 0.2) is 5.96 Å². The number of rotatable bonds is 7. The molecule has 2 aliphatic rings. The monoisotopic (exact) mass is 430 g/mol. The van der Waals surface area contributed by atoms with E-state index < -0.39 is 10.0 Å². The van der Waals surface area contributed by atoms with E-state index in [0.29, 0.717) is 23.9 Å². The zero-order valence-corrected chi connectivity index (χ0v) is 18.2. The van der Waals surface area contributed by atoms with Crippen molar-refractivity contribution >= 4 is 27.3 Å². The lowest BCUT2D eigenvalue weighted by Gasteiger charge is -2.37. The summed E-state index contributed by atoms with van der Waals surface area (Å²) < 4.78 is 38.5. The van der Waals surface area contributed by atoms with Crippen LogP contribution < -0.4 is 5.32 Å². The van der Waals surface area contributed by atoms with Gasteiger partial charge in [-0.15, -0.1) is 11.3 Å². The van der Waals surface area contributed by atoms with Crippen LogP contribution in [0.4, 0.5) is 0 Å². The molecule has 2 unspecified atom stereocenters. The maximum Gasteiger partial charge on any atom is 0.252 e. The number of guanidine groups is 1. The minimum atomic E-state index is -3.44. The van der Waals surface area contributed by atoms with E-state index in [4.69, 9.17) is 9.47 Å². The van der Waals surface area contributed by atoms with E-state index in [2.05, 4.69) is 15.2 Å². The molecule has 3 rings (SSSR count). The molecule has 0 spiro atoms. The minimum absolute atomic E-state index is 0.0574. The summed E-state index contributed by atoms with van der Waals surface area (Å²) in [6.07, 6.45) is 2.34. The van der Waals surface area contributed by atoms with Crippen molar-refractivity contribution in [3.63, 3.8) is 0 Å². The maximum absolute atomic E-state index is 12.5. The summed E-state index contributed by atoms with van der Waals surface area (Å²) in [5.74, 6) is 0.802. The van der Waals surface area contributed by atoms with Gasteiger partial charge in [-0.3, -0.25) is 4.99 Å². The van der Waals surface area contributed by atoms with Gasteiger partial charge in [-0.1, -0.05) is 6.07 Å². The Balaban J connectivity index is 1.59. The van der Waals surface area contributed by atoms with Crippen molar-refractivity contribution in [2.75, 3.05) is 53.0 Å². The van der Waals surface area contributed by atoms with Crippen molar-refractivity contribution in [2.45, 2.75) is 36.2 Å². The highest BCUT2D eigenvalue weighted by Crippen LogP contribution is 2.21. The van der Waals surface area contributed by atoms with Gasteiger partial charge in [0.25, 0.3) is 10.0 Å². The lowest BCUT2D eigenvalue weighted by Crippen LogP contribution is -2.53. The average Bonchev–Trinajstić information content (AvgIpc) is 3.41. The Morgan fingerprint density at radius 1 is 1.39 bits per heavy atom. The van der Waals surface area contributed by atoms with Gasteiger partial charge in [0.1, 0.15) is 10.3 Å². The van der Waals surface area contributed by atoms with Crippen LogP contribution in [-0.4, -0.2) is 88.8 Å². The molecule has 0 saturated carbocycles. The normalized spacial score (nSPS) is 24.1. The summed E-state index contributed by atoms with van der Waals surface area (Å²) in [7, 11) is -1.84. The molecule has 2 aliphatic heterocycles. The fraction of sp³-hybridized carbons (Fsp3) is 0.722. The van der Waals surface area contributed by atoms with E-state index in [1.54, 1.807) is 24.6 Å². The summed E-state index contributed by atoms with van der Waals surface area (Å²) in [6, 6.07) is 3.37. The third-order valence-corrected chi connectivity index (χ3v) is 8.17. The molecule has 2 saturated heterocycles. The van der Waals surface area contributed by atoms with Crippen LogP contribution in [0.5, 0.6) is 0 Å². The van der Waals surface area contributed by atoms with Gasteiger partial charge < -0.3 is 19.7 Å². The maximum atomic E-state index is 12.5. The van der Waals surface area contributed by atoms with E-state index in [9.17, 15) is 8.42 Å². The molecule has 0 amide bonds. The van der Waals surface area contributed by atoms with Crippen LogP contribution in [-0.2, 0) is 19.5 Å². The Kier molecular flexibility index (Phi) is 7.69. The first-order valence-electron chi connectivity index (χ1n) is 9.78. The topological polar surface area (TPSA) is 83.5 Å². The molecule has 8 nitrogen and oxygen atoms in total. The molecule has 3 heterocycles. The van der Waals surface area contributed by atoms with E-state index in [1.165, 1.54) is 15.6 Å². The number of thiophene rings is 1. The van der Waals surface area contributed by atoms with Crippen molar-refractivity contribution < 1.29 is 17.9 Å². The minimum Gasteiger partial charge on any atom is -0.375 e. The Hall–Kier alpha value is -1.20. The zero-order valence-electron chi connectivity index (χ0n) is 16.5. The predicted octanol–water partition coefficient (Wildman–Crippen LogP) is 1.21. The van der Waals surface area contributed by atoms with E-state index in [0.717, 1.165) is 45.0 Å². The molecule has 158 valence electrons. The second-order valence-electron chi connectivity index (χ2n) is 6.90. The van der Waals surface area contributed by atoms with Crippen LogP contribution in [0.2, 0.25) is 0 Å². The molecule has 0 aliphatic carbocycles. The van der Waals surface area contributed by atoms with Crippen molar-refractivity contribution in [3.05, 3.63) is 17.5 Å². The molecule has 10 heteroatoms. The number of nitrogens with zero attached hydrogens (tertiary/aromatic N) is 3. The first kappa shape index (κ1) is 21.5. The SMILES string of the molecule is CCNC(=NCCN(C)S(=O)(=O)c1cccs1)N1CCOC(C2CCCO2)C1. The number of morpholine rings is 1. The first-order chi connectivity index (χ1) is 13.5. The zero-order chi connectivity index (χ0) is 20.0. The highest BCUT2D eigenvalue weighted by atomic mass is 32.2. The van der Waals surface area contributed by atoms with Crippen LogP contribution >= 0.6 is 11.3 Å². The van der Waals surface area contributed by atoms with Crippen molar-refractivity contribution in [1.82, 2.24) is 14.5 Å². The quantitative estimate of drug-likeness (QED) is 0.517. The summed E-state index contributed by atoms with van der Waals surface area (Å²) in [5.41, 5.74) is 0. The Morgan fingerprint density at radius 3 is 2.89 bits per heavy atom. The lowest BCUT2D eigenvalue weighted by molar-refractivity contribution is -0.0817. The standard InChI is InChI=1S/C18H30N4O4S2/c1-3-19-18(22-10-12-26-16(14-22)15-6-4-11-25-15)20-8-9-21(2)28(23,24)17-7-5-13-27-17/h5,7,13,15-16H,3-4,6,8-12,14H2,1-2H3,(H,19,20). The molecule has 1 N–H and O–H groups in total.